The molecule has 0 aromatic rings. The first-order valence-corrected chi connectivity index (χ1v) is 27.5. The molecule has 0 spiro atoms. The molecule has 0 saturated heterocycles. The quantitative estimate of drug-likeness (QED) is 0.0243. The zero-order valence-electron chi connectivity index (χ0n) is 40.7. The number of aliphatic hydroxyl groups is 1. The Bertz CT molecular complexity index is 989. The SMILES string of the molecule is CCCCC/C=C\CCCCCCCC(=O)NC(COP(=O)(O)OCC[N+](C)(C)C)C(O)CCCCCCCCCCCCCCCCCCCCCCCCCCCC. The molecule has 0 aliphatic rings. The van der Waals surface area contributed by atoms with E-state index in [1.165, 1.54) is 180 Å². The minimum Gasteiger partial charge on any atom is -0.391 e. The fourth-order valence-electron chi connectivity index (χ4n) is 7.87. The van der Waals surface area contributed by atoms with Crippen LogP contribution in [0.15, 0.2) is 12.2 Å². The van der Waals surface area contributed by atoms with Crippen molar-refractivity contribution in [2.24, 2.45) is 0 Å². The Morgan fingerprint density at radius 3 is 1.32 bits per heavy atom. The van der Waals surface area contributed by atoms with Crippen molar-refractivity contribution in [3.63, 3.8) is 0 Å². The normalized spacial score (nSPS) is 14.2. The predicted octanol–water partition coefficient (Wildman–Crippen LogP) is 15.1. The second-order valence-electron chi connectivity index (χ2n) is 19.3. The number of nitrogens with zero attached hydrogens (tertiary/aromatic N) is 1. The van der Waals surface area contributed by atoms with Crippen molar-refractivity contribution in [1.82, 2.24) is 5.32 Å². The summed E-state index contributed by atoms with van der Waals surface area (Å²) in [4.78, 5) is 23.2. The summed E-state index contributed by atoms with van der Waals surface area (Å²) in [5, 5.41) is 14.0. The number of carbonyl (C=O) groups excluding carboxylic acids is 1. The molecule has 3 N–H and O–H groups in total. The van der Waals surface area contributed by atoms with Crippen molar-refractivity contribution >= 4 is 13.7 Å². The lowest BCUT2D eigenvalue weighted by atomic mass is 10.0. The second kappa shape index (κ2) is 43.5. The number of hydrogen-bond acceptors (Lipinski definition) is 5. The lowest BCUT2D eigenvalue weighted by molar-refractivity contribution is -0.870. The van der Waals surface area contributed by atoms with Crippen LogP contribution in [0.4, 0.5) is 0 Å². The maximum Gasteiger partial charge on any atom is 0.472 e. The molecule has 0 rings (SSSR count). The molecule has 0 saturated carbocycles. The van der Waals surface area contributed by atoms with Gasteiger partial charge in [0.15, 0.2) is 0 Å². The van der Waals surface area contributed by atoms with Crippen LogP contribution in [0.3, 0.4) is 0 Å². The maximum atomic E-state index is 12.9. The van der Waals surface area contributed by atoms with Crippen LogP contribution in [0.25, 0.3) is 0 Å². The van der Waals surface area contributed by atoms with Crippen LogP contribution in [-0.4, -0.2) is 73.4 Å². The highest BCUT2D eigenvalue weighted by Gasteiger charge is 2.28. The first kappa shape index (κ1) is 59.2. The molecular formula is C51H104N2O6P+. The summed E-state index contributed by atoms with van der Waals surface area (Å²) in [7, 11) is 1.62. The van der Waals surface area contributed by atoms with Gasteiger partial charge in [0, 0.05) is 6.42 Å². The second-order valence-corrected chi connectivity index (χ2v) is 20.7. The van der Waals surface area contributed by atoms with Gasteiger partial charge in [0.2, 0.25) is 5.91 Å². The van der Waals surface area contributed by atoms with Crippen LogP contribution in [0, 0.1) is 0 Å². The fourth-order valence-corrected chi connectivity index (χ4v) is 8.60. The number of carbonyl (C=O) groups is 1. The van der Waals surface area contributed by atoms with Gasteiger partial charge in [0.25, 0.3) is 0 Å². The first-order valence-electron chi connectivity index (χ1n) is 26.1. The van der Waals surface area contributed by atoms with Gasteiger partial charge >= 0.3 is 7.82 Å². The summed E-state index contributed by atoms with van der Waals surface area (Å²) in [6.45, 7) is 4.88. The zero-order chi connectivity index (χ0) is 44.3. The molecule has 0 heterocycles. The van der Waals surface area contributed by atoms with Crippen LogP contribution in [0.1, 0.15) is 258 Å². The van der Waals surface area contributed by atoms with E-state index in [9.17, 15) is 19.4 Å². The standard InChI is InChI=1S/C51H103N2O6P/c1-6-8-10-12-14-16-18-20-21-22-23-24-25-26-27-28-29-30-31-32-33-34-36-38-40-42-44-50(54)49(48-59-60(56,57)58-47-46-53(3,4)5)52-51(55)45-43-41-39-37-35-19-17-15-13-11-9-7-2/h15,17,49-50,54H,6-14,16,18-48H2,1-5H3,(H-,52,55,56,57)/p+1/b17-15-. The smallest absolute Gasteiger partial charge is 0.391 e. The largest absolute Gasteiger partial charge is 0.472 e. The van der Waals surface area contributed by atoms with Crippen LogP contribution in [-0.2, 0) is 18.4 Å². The van der Waals surface area contributed by atoms with E-state index in [1.54, 1.807) is 0 Å². The molecular weight excluding hydrogens is 768 g/mol. The number of quaternary nitrogens is 1. The summed E-state index contributed by atoms with van der Waals surface area (Å²) in [6.07, 6.45) is 51.2. The predicted molar refractivity (Wildman–Crippen MR) is 259 cm³/mol. The van der Waals surface area contributed by atoms with Gasteiger partial charge in [-0.1, -0.05) is 225 Å². The topological polar surface area (TPSA) is 105 Å². The Hall–Kier alpha value is -0.760. The third kappa shape index (κ3) is 45.3. The Labute approximate surface area is 373 Å². The summed E-state index contributed by atoms with van der Waals surface area (Å²) in [5.41, 5.74) is 0. The van der Waals surface area contributed by atoms with Crippen molar-refractivity contribution in [1.29, 1.82) is 0 Å². The van der Waals surface area contributed by atoms with Crippen LogP contribution in [0.2, 0.25) is 0 Å². The highest BCUT2D eigenvalue weighted by atomic mass is 31.2. The number of nitrogens with one attached hydrogen (secondary N) is 1. The Morgan fingerprint density at radius 1 is 0.550 bits per heavy atom. The highest BCUT2D eigenvalue weighted by Crippen LogP contribution is 2.43. The summed E-state index contributed by atoms with van der Waals surface area (Å²) in [5.74, 6) is -0.151. The van der Waals surface area contributed by atoms with E-state index in [0.717, 1.165) is 51.4 Å². The Morgan fingerprint density at radius 2 is 0.900 bits per heavy atom. The molecule has 0 aromatic heterocycles. The number of phosphoric ester groups is 1. The van der Waals surface area contributed by atoms with Crippen molar-refractivity contribution in [2.45, 2.75) is 270 Å². The molecule has 8 nitrogen and oxygen atoms in total. The van der Waals surface area contributed by atoms with Crippen LogP contribution >= 0.6 is 7.82 Å². The number of aliphatic hydroxyl groups excluding tert-OH is 1. The molecule has 0 fully saturated rings. The van der Waals surface area contributed by atoms with Gasteiger partial charge in [-0.05, 0) is 38.5 Å². The van der Waals surface area contributed by atoms with Crippen molar-refractivity contribution in [3.05, 3.63) is 12.2 Å². The van der Waals surface area contributed by atoms with Gasteiger partial charge in [0.1, 0.15) is 13.2 Å². The maximum absolute atomic E-state index is 12.9. The summed E-state index contributed by atoms with van der Waals surface area (Å²) >= 11 is 0. The van der Waals surface area contributed by atoms with E-state index in [-0.39, 0.29) is 19.1 Å². The number of allylic oxidation sites excluding steroid dienone is 2. The number of amides is 1. The molecule has 60 heavy (non-hydrogen) atoms. The van der Waals surface area contributed by atoms with E-state index in [0.29, 0.717) is 23.9 Å². The molecule has 0 radical (unpaired) electrons. The fraction of sp³-hybridized carbons (Fsp3) is 0.941. The summed E-state index contributed by atoms with van der Waals surface area (Å²) < 4.78 is 23.7. The van der Waals surface area contributed by atoms with Crippen LogP contribution < -0.4 is 5.32 Å². The van der Waals surface area contributed by atoms with Crippen molar-refractivity contribution in [3.8, 4) is 0 Å². The first-order chi connectivity index (χ1) is 29.0. The lowest BCUT2D eigenvalue weighted by Crippen LogP contribution is -2.46. The van der Waals surface area contributed by atoms with E-state index in [4.69, 9.17) is 9.05 Å². The van der Waals surface area contributed by atoms with Gasteiger partial charge in [-0.2, -0.15) is 0 Å². The molecule has 9 heteroatoms. The van der Waals surface area contributed by atoms with E-state index < -0.39 is 20.0 Å². The molecule has 3 unspecified atom stereocenters. The number of phosphoric acid groups is 1. The number of hydrogen-bond donors (Lipinski definition) is 3. The van der Waals surface area contributed by atoms with E-state index >= 15 is 0 Å². The van der Waals surface area contributed by atoms with Crippen molar-refractivity contribution in [2.75, 3.05) is 40.9 Å². The Kier molecular flexibility index (Phi) is 42.9. The molecule has 0 aromatic carbocycles. The number of rotatable bonds is 48. The molecule has 0 aliphatic carbocycles. The van der Waals surface area contributed by atoms with Gasteiger partial charge in [-0.25, -0.2) is 4.57 Å². The molecule has 0 bridgehead atoms. The third-order valence-corrected chi connectivity index (χ3v) is 13.0. The Balaban J connectivity index is 4.11. The van der Waals surface area contributed by atoms with Gasteiger partial charge < -0.3 is 19.8 Å². The number of unbranched alkanes of at least 4 members (excludes halogenated alkanes) is 33. The zero-order valence-corrected chi connectivity index (χ0v) is 41.6. The molecule has 0 aliphatic heterocycles. The minimum atomic E-state index is -4.31. The third-order valence-electron chi connectivity index (χ3n) is 12.0. The van der Waals surface area contributed by atoms with Gasteiger partial charge in [-0.15, -0.1) is 0 Å². The van der Waals surface area contributed by atoms with Gasteiger partial charge in [0.05, 0.1) is 39.9 Å². The molecule has 1 amide bonds. The summed E-state index contributed by atoms with van der Waals surface area (Å²) in [6, 6.07) is -0.761. The minimum absolute atomic E-state index is 0.0751. The number of likely N-dealkylation sites (N-methyl/N-ethyl adjacent to an activating group) is 1. The van der Waals surface area contributed by atoms with E-state index in [1.807, 2.05) is 21.1 Å². The van der Waals surface area contributed by atoms with E-state index in [2.05, 4.69) is 31.3 Å². The van der Waals surface area contributed by atoms with Crippen LogP contribution in [0.5, 0.6) is 0 Å². The monoisotopic (exact) mass is 872 g/mol. The van der Waals surface area contributed by atoms with Gasteiger partial charge in [-0.3, -0.25) is 13.8 Å². The van der Waals surface area contributed by atoms with Crippen molar-refractivity contribution < 1.29 is 32.9 Å². The molecule has 3 atom stereocenters. The highest BCUT2D eigenvalue weighted by molar-refractivity contribution is 7.47. The average molecular weight is 872 g/mol. The average Bonchev–Trinajstić information content (AvgIpc) is 3.20. The lowest BCUT2D eigenvalue weighted by Gasteiger charge is -2.26. The molecule has 358 valence electrons.